The summed E-state index contributed by atoms with van der Waals surface area (Å²) in [6.07, 6.45) is 4.56. The lowest BCUT2D eigenvalue weighted by molar-refractivity contribution is 0.141. The molecule has 1 fully saturated rings. The van der Waals surface area contributed by atoms with E-state index in [1.807, 2.05) is 0 Å². The van der Waals surface area contributed by atoms with E-state index in [1.54, 1.807) is 0 Å². The molecule has 2 aromatic rings. The van der Waals surface area contributed by atoms with Crippen molar-refractivity contribution in [3.63, 3.8) is 0 Å². The molecule has 0 saturated carbocycles. The van der Waals surface area contributed by atoms with Crippen LogP contribution in [0.2, 0.25) is 0 Å². The molecule has 1 saturated heterocycles. The van der Waals surface area contributed by atoms with Gasteiger partial charge in [-0.15, -0.1) is 0 Å². The molecular weight excluding hydrogens is 282 g/mol. The van der Waals surface area contributed by atoms with E-state index in [0.717, 1.165) is 32.4 Å². The SMILES string of the molecule is OC[C@H]1CCCN1CC(Cc1ccccc1)Cc1ccccc1. The Balaban J connectivity index is 1.70. The predicted octanol–water partition coefficient (Wildman–Crippen LogP) is 3.54. The normalized spacial score (nSPS) is 18.6. The number of nitrogens with zero attached hydrogens (tertiary/aromatic N) is 1. The molecule has 1 heterocycles. The number of likely N-dealkylation sites (tertiary alicyclic amines) is 1. The molecule has 0 aromatic heterocycles. The first kappa shape index (κ1) is 16.2. The summed E-state index contributed by atoms with van der Waals surface area (Å²) in [5.41, 5.74) is 2.82. The van der Waals surface area contributed by atoms with Crippen molar-refractivity contribution in [2.45, 2.75) is 31.7 Å². The molecule has 2 heteroatoms. The highest BCUT2D eigenvalue weighted by atomic mass is 16.3. The summed E-state index contributed by atoms with van der Waals surface area (Å²) in [6, 6.07) is 21.9. The average Bonchev–Trinajstić information content (AvgIpc) is 3.04. The van der Waals surface area contributed by atoms with Gasteiger partial charge < -0.3 is 5.11 Å². The molecule has 23 heavy (non-hydrogen) atoms. The first-order valence-corrected chi connectivity index (χ1v) is 8.78. The molecule has 0 amide bonds. The van der Waals surface area contributed by atoms with Gasteiger partial charge in [0.1, 0.15) is 0 Å². The molecule has 1 aliphatic heterocycles. The van der Waals surface area contributed by atoms with Gasteiger partial charge in [0.15, 0.2) is 0 Å². The lowest BCUT2D eigenvalue weighted by Crippen LogP contribution is -2.37. The second-order valence-corrected chi connectivity index (χ2v) is 6.72. The van der Waals surface area contributed by atoms with Gasteiger partial charge in [0, 0.05) is 12.6 Å². The molecule has 1 N–H and O–H groups in total. The van der Waals surface area contributed by atoms with Crippen LogP contribution in [0.15, 0.2) is 60.7 Å². The van der Waals surface area contributed by atoms with Gasteiger partial charge in [0.2, 0.25) is 0 Å². The molecule has 3 rings (SSSR count). The van der Waals surface area contributed by atoms with Crippen molar-refractivity contribution >= 4 is 0 Å². The fourth-order valence-electron chi connectivity index (χ4n) is 3.77. The van der Waals surface area contributed by atoms with E-state index >= 15 is 0 Å². The number of benzene rings is 2. The maximum absolute atomic E-state index is 9.59. The largest absolute Gasteiger partial charge is 0.395 e. The number of aliphatic hydroxyl groups is 1. The van der Waals surface area contributed by atoms with Gasteiger partial charge in [-0.25, -0.2) is 0 Å². The van der Waals surface area contributed by atoms with E-state index in [-0.39, 0.29) is 0 Å². The third-order valence-corrected chi connectivity index (χ3v) is 4.94. The van der Waals surface area contributed by atoms with Crippen LogP contribution in [0.3, 0.4) is 0 Å². The minimum Gasteiger partial charge on any atom is -0.395 e. The van der Waals surface area contributed by atoms with E-state index < -0.39 is 0 Å². The highest BCUT2D eigenvalue weighted by Gasteiger charge is 2.26. The van der Waals surface area contributed by atoms with E-state index in [1.165, 1.54) is 17.5 Å². The molecule has 0 spiro atoms. The Bertz CT molecular complexity index is 527. The van der Waals surface area contributed by atoms with Crippen LogP contribution in [0.4, 0.5) is 0 Å². The van der Waals surface area contributed by atoms with Crippen molar-refractivity contribution < 1.29 is 5.11 Å². The zero-order valence-corrected chi connectivity index (χ0v) is 13.8. The molecule has 2 nitrogen and oxygen atoms in total. The summed E-state index contributed by atoms with van der Waals surface area (Å²) in [5.74, 6) is 0.590. The Kier molecular flexibility index (Phi) is 5.84. The molecule has 0 bridgehead atoms. The molecule has 0 aliphatic carbocycles. The first-order chi connectivity index (χ1) is 11.3. The summed E-state index contributed by atoms with van der Waals surface area (Å²) in [5, 5.41) is 9.59. The molecular formula is C21H27NO. The number of rotatable bonds is 7. The third-order valence-electron chi connectivity index (χ3n) is 4.94. The van der Waals surface area contributed by atoms with Crippen molar-refractivity contribution in [1.82, 2.24) is 4.90 Å². The Hall–Kier alpha value is -1.64. The number of hydrogen-bond donors (Lipinski definition) is 1. The first-order valence-electron chi connectivity index (χ1n) is 8.78. The van der Waals surface area contributed by atoms with E-state index in [2.05, 4.69) is 65.6 Å². The van der Waals surface area contributed by atoms with Crippen LogP contribution >= 0.6 is 0 Å². The monoisotopic (exact) mass is 309 g/mol. The molecule has 2 aromatic carbocycles. The summed E-state index contributed by atoms with van der Waals surface area (Å²) in [7, 11) is 0. The van der Waals surface area contributed by atoms with Crippen LogP contribution in [0.5, 0.6) is 0 Å². The molecule has 0 radical (unpaired) electrons. The van der Waals surface area contributed by atoms with Gasteiger partial charge in [-0.05, 0) is 49.3 Å². The fraction of sp³-hybridized carbons (Fsp3) is 0.429. The van der Waals surface area contributed by atoms with Gasteiger partial charge in [-0.1, -0.05) is 60.7 Å². The molecule has 122 valence electrons. The van der Waals surface area contributed by atoms with Gasteiger partial charge in [0.25, 0.3) is 0 Å². The Labute approximate surface area is 139 Å². The van der Waals surface area contributed by atoms with Crippen molar-refractivity contribution in [3.8, 4) is 0 Å². The number of aliphatic hydroxyl groups excluding tert-OH is 1. The summed E-state index contributed by atoms with van der Waals surface area (Å²) in [6.45, 7) is 2.50. The maximum atomic E-state index is 9.59. The lowest BCUT2D eigenvalue weighted by Gasteiger charge is -2.28. The maximum Gasteiger partial charge on any atom is 0.0586 e. The second-order valence-electron chi connectivity index (χ2n) is 6.72. The minimum absolute atomic E-state index is 0.295. The van der Waals surface area contributed by atoms with E-state index in [9.17, 15) is 5.11 Å². The van der Waals surface area contributed by atoms with Crippen LogP contribution in [-0.2, 0) is 12.8 Å². The number of hydrogen-bond acceptors (Lipinski definition) is 2. The highest BCUT2D eigenvalue weighted by molar-refractivity contribution is 5.18. The van der Waals surface area contributed by atoms with E-state index in [4.69, 9.17) is 0 Å². The van der Waals surface area contributed by atoms with Gasteiger partial charge in [0.05, 0.1) is 6.61 Å². The summed E-state index contributed by atoms with van der Waals surface area (Å²) in [4.78, 5) is 2.50. The Morgan fingerprint density at radius 3 is 2.00 bits per heavy atom. The van der Waals surface area contributed by atoms with Crippen LogP contribution in [0.25, 0.3) is 0 Å². The fourth-order valence-corrected chi connectivity index (χ4v) is 3.77. The van der Waals surface area contributed by atoms with Crippen LogP contribution < -0.4 is 0 Å². The standard InChI is InChI=1S/C21H27NO/c23-17-21-12-7-13-22(21)16-20(14-18-8-3-1-4-9-18)15-19-10-5-2-6-11-19/h1-6,8-11,20-21,23H,7,12-17H2/t21-/m1/s1. The average molecular weight is 309 g/mol. The predicted molar refractivity (Wildman–Crippen MR) is 95.5 cm³/mol. The topological polar surface area (TPSA) is 23.5 Å². The zero-order chi connectivity index (χ0) is 15.9. The van der Waals surface area contributed by atoms with Crippen molar-refractivity contribution in [2.24, 2.45) is 5.92 Å². The summed E-state index contributed by atoms with van der Waals surface area (Å²) < 4.78 is 0. The van der Waals surface area contributed by atoms with Crippen molar-refractivity contribution in [2.75, 3.05) is 19.7 Å². The Morgan fingerprint density at radius 2 is 1.48 bits per heavy atom. The van der Waals surface area contributed by atoms with Crippen molar-refractivity contribution in [3.05, 3.63) is 71.8 Å². The van der Waals surface area contributed by atoms with Crippen molar-refractivity contribution in [1.29, 1.82) is 0 Å². The van der Waals surface area contributed by atoms with Crippen LogP contribution in [0, 0.1) is 5.92 Å². The molecule has 1 aliphatic rings. The quantitative estimate of drug-likeness (QED) is 0.845. The summed E-state index contributed by atoms with van der Waals surface area (Å²) >= 11 is 0. The van der Waals surface area contributed by atoms with Crippen LogP contribution in [-0.4, -0.2) is 35.7 Å². The Morgan fingerprint density at radius 1 is 0.913 bits per heavy atom. The van der Waals surface area contributed by atoms with Crippen LogP contribution in [0.1, 0.15) is 24.0 Å². The third kappa shape index (κ3) is 4.66. The lowest BCUT2D eigenvalue weighted by atomic mass is 9.92. The molecule has 0 unspecified atom stereocenters. The van der Waals surface area contributed by atoms with Gasteiger partial charge in [-0.3, -0.25) is 4.90 Å². The smallest absolute Gasteiger partial charge is 0.0586 e. The highest BCUT2D eigenvalue weighted by Crippen LogP contribution is 2.22. The van der Waals surface area contributed by atoms with Gasteiger partial charge >= 0.3 is 0 Å². The van der Waals surface area contributed by atoms with Gasteiger partial charge in [-0.2, -0.15) is 0 Å². The zero-order valence-electron chi connectivity index (χ0n) is 13.8. The second kappa shape index (κ2) is 8.28. The van der Waals surface area contributed by atoms with E-state index in [0.29, 0.717) is 18.6 Å². The minimum atomic E-state index is 0.295. The molecule has 1 atom stereocenters.